The maximum atomic E-state index is 14.5. The van der Waals surface area contributed by atoms with Crippen LogP contribution in [0.15, 0.2) is 23.3 Å². The van der Waals surface area contributed by atoms with E-state index < -0.39 is 10.8 Å². The highest BCUT2D eigenvalue weighted by atomic mass is 16.6. The molecule has 0 aromatic rings. The Bertz CT molecular complexity index is 1290. The van der Waals surface area contributed by atoms with Crippen molar-refractivity contribution in [1.29, 1.82) is 5.26 Å². The van der Waals surface area contributed by atoms with Crippen molar-refractivity contribution in [2.75, 3.05) is 13.2 Å². The second-order valence-electron chi connectivity index (χ2n) is 15.5. The van der Waals surface area contributed by atoms with Gasteiger partial charge in [-0.05, 0) is 86.0 Å². The summed E-state index contributed by atoms with van der Waals surface area (Å²) in [5.74, 6) is 0.262. The Labute approximate surface area is 233 Å². The number of fused-ring (bicyclic) bond motifs is 7. The third-order valence-corrected chi connectivity index (χ3v) is 13.5. The molecule has 210 valence electrons. The molecule has 0 aromatic heterocycles. The molecule has 6 heteroatoms. The van der Waals surface area contributed by atoms with Gasteiger partial charge < -0.3 is 4.74 Å². The molecule has 4 fully saturated rings. The number of nitriles is 1. The van der Waals surface area contributed by atoms with E-state index in [0.29, 0.717) is 13.2 Å². The minimum absolute atomic E-state index is 0.0508. The van der Waals surface area contributed by atoms with E-state index in [2.05, 4.69) is 40.7 Å². The van der Waals surface area contributed by atoms with Crippen LogP contribution in [0, 0.1) is 56.2 Å². The summed E-state index contributed by atoms with van der Waals surface area (Å²) in [5.41, 5.74) is -0.483. The molecule has 0 bridgehead atoms. The van der Waals surface area contributed by atoms with E-state index >= 15 is 0 Å². The van der Waals surface area contributed by atoms with Gasteiger partial charge >= 0.3 is 6.09 Å². The van der Waals surface area contributed by atoms with Crippen LogP contribution in [0.3, 0.4) is 0 Å². The van der Waals surface area contributed by atoms with E-state index in [-0.39, 0.29) is 62.8 Å². The molecule has 0 aromatic carbocycles. The lowest BCUT2D eigenvalue weighted by Gasteiger charge is -2.69. The first-order valence-electron chi connectivity index (χ1n) is 15.0. The third kappa shape index (κ3) is 3.17. The second-order valence-corrected chi connectivity index (χ2v) is 15.5. The molecule has 6 aliphatic rings. The van der Waals surface area contributed by atoms with Gasteiger partial charge in [0.25, 0.3) is 0 Å². The Morgan fingerprint density at radius 1 is 0.974 bits per heavy atom. The molecule has 1 heterocycles. The van der Waals surface area contributed by atoms with Crippen LogP contribution < -0.4 is 0 Å². The lowest BCUT2D eigenvalue weighted by molar-refractivity contribution is -0.169. The summed E-state index contributed by atoms with van der Waals surface area (Å²) in [6.45, 7) is 16.5. The van der Waals surface area contributed by atoms with Gasteiger partial charge in [-0.3, -0.25) is 14.5 Å². The van der Waals surface area contributed by atoms with Crippen molar-refractivity contribution < 1.29 is 19.1 Å². The average Bonchev–Trinajstić information content (AvgIpc) is 3.31. The smallest absolute Gasteiger partial charge is 0.410 e. The molecule has 0 N–H and O–H groups in total. The molecule has 6 rings (SSSR count). The molecule has 0 radical (unpaired) electrons. The van der Waals surface area contributed by atoms with Gasteiger partial charge in [-0.2, -0.15) is 5.26 Å². The third-order valence-electron chi connectivity index (χ3n) is 13.5. The van der Waals surface area contributed by atoms with Crippen LogP contribution in [-0.4, -0.2) is 41.3 Å². The van der Waals surface area contributed by atoms with Gasteiger partial charge in [0.1, 0.15) is 12.7 Å². The molecule has 8 atom stereocenters. The van der Waals surface area contributed by atoms with Gasteiger partial charge in [0, 0.05) is 22.3 Å². The summed E-state index contributed by atoms with van der Waals surface area (Å²) in [4.78, 5) is 42.3. The van der Waals surface area contributed by atoms with E-state index in [1.807, 2.05) is 30.9 Å². The first kappa shape index (κ1) is 26.8. The van der Waals surface area contributed by atoms with E-state index in [9.17, 15) is 19.6 Å². The van der Waals surface area contributed by atoms with E-state index in [1.165, 1.54) is 0 Å². The Morgan fingerprint density at radius 2 is 1.67 bits per heavy atom. The van der Waals surface area contributed by atoms with Crippen molar-refractivity contribution in [2.45, 2.75) is 99.0 Å². The van der Waals surface area contributed by atoms with Gasteiger partial charge in [-0.15, -0.1) is 0 Å². The van der Waals surface area contributed by atoms with Crippen molar-refractivity contribution in [3.63, 3.8) is 0 Å². The van der Waals surface area contributed by atoms with Crippen molar-refractivity contribution in [2.24, 2.45) is 44.8 Å². The first-order valence-corrected chi connectivity index (χ1v) is 15.0. The monoisotopic (exact) mass is 532 g/mol. The Hall–Kier alpha value is -2.42. The number of nitrogens with zero attached hydrogens (tertiary/aromatic N) is 2. The number of cyclic esters (lactones) is 1. The number of ether oxygens (including phenoxy) is 1. The molecule has 0 unspecified atom stereocenters. The number of ketones is 2. The molecule has 1 saturated heterocycles. The molecular weight excluding hydrogens is 488 g/mol. The second kappa shape index (κ2) is 7.86. The maximum Gasteiger partial charge on any atom is 0.410 e. The zero-order valence-electron chi connectivity index (χ0n) is 24.8. The highest BCUT2D eigenvalue weighted by molar-refractivity contribution is 6.04. The topological polar surface area (TPSA) is 87.5 Å². The Balaban J connectivity index is 1.47. The predicted octanol–water partition coefficient (Wildman–Crippen LogP) is 6.41. The highest BCUT2D eigenvalue weighted by Gasteiger charge is 2.69. The minimum atomic E-state index is -0.655. The van der Waals surface area contributed by atoms with Crippen LogP contribution in [0.4, 0.5) is 4.79 Å². The quantitative estimate of drug-likeness (QED) is 0.389. The number of carbonyl (C=O) groups excluding carboxylic acids is 3. The maximum absolute atomic E-state index is 14.5. The lowest BCUT2D eigenvalue weighted by Crippen LogP contribution is -2.66. The molecule has 5 aliphatic carbocycles. The largest absolute Gasteiger partial charge is 0.448 e. The number of hydrogen-bond donors (Lipinski definition) is 0. The zero-order chi connectivity index (χ0) is 28.4. The summed E-state index contributed by atoms with van der Waals surface area (Å²) >= 11 is 0. The van der Waals surface area contributed by atoms with Gasteiger partial charge in [0.2, 0.25) is 0 Å². The summed E-state index contributed by atoms with van der Waals surface area (Å²) in [7, 11) is 0. The normalized spacial score (nSPS) is 48.5. The van der Waals surface area contributed by atoms with Crippen LogP contribution in [0.25, 0.3) is 0 Å². The Morgan fingerprint density at radius 3 is 2.31 bits per heavy atom. The molecule has 39 heavy (non-hydrogen) atoms. The van der Waals surface area contributed by atoms with Gasteiger partial charge in [-0.1, -0.05) is 53.2 Å². The molecule has 3 saturated carbocycles. The van der Waals surface area contributed by atoms with E-state index in [1.54, 1.807) is 0 Å². The minimum Gasteiger partial charge on any atom is -0.448 e. The summed E-state index contributed by atoms with van der Waals surface area (Å²) in [6, 6.07) is 2.19. The first-order chi connectivity index (χ1) is 18.1. The molecular formula is C33H44N2O4. The lowest BCUT2D eigenvalue weighted by atomic mass is 9.34. The molecule has 1 amide bonds. The predicted molar refractivity (Wildman–Crippen MR) is 147 cm³/mol. The number of hydrogen-bond acceptors (Lipinski definition) is 5. The number of amides is 1. The Kier molecular flexibility index (Phi) is 5.40. The number of Topliss-reactive ketones (excluding diaryl/α,β-unsaturated/α-hetero) is 1. The number of carbonyl (C=O) groups is 3. The van der Waals surface area contributed by atoms with Gasteiger partial charge in [0.05, 0.1) is 12.1 Å². The van der Waals surface area contributed by atoms with Crippen LogP contribution in [0.5, 0.6) is 0 Å². The van der Waals surface area contributed by atoms with Crippen LogP contribution in [0.1, 0.15) is 93.4 Å². The van der Waals surface area contributed by atoms with Gasteiger partial charge in [0.15, 0.2) is 11.6 Å². The summed E-state index contributed by atoms with van der Waals surface area (Å²) in [6.07, 6.45) is 10.3. The molecule has 1 aliphatic heterocycles. The van der Waals surface area contributed by atoms with Crippen LogP contribution in [0.2, 0.25) is 0 Å². The van der Waals surface area contributed by atoms with Crippen molar-refractivity contribution >= 4 is 17.7 Å². The van der Waals surface area contributed by atoms with E-state index in [4.69, 9.17) is 4.74 Å². The fourth-order valence-corrected chi connectivity index (χ4v) is 10.8. The SMILES string of the molecule is CC1(C)C(=O)C(C#N)=C[C@]2(C)C3=CC(=O)[C@@H]4[C@H]5C[C@@](C)(N6CCOC6=O)CC[C@]5(C)CC[C@@]4(C)[C@]3(C)CC[C@@H]12. The van der Waals surface area contributed by atoms with Crippen molar-refractivity contribution in [3.8, 4) is 6.07 Å². The fraction of sp³-hybridized carbons (Fsp3) is 0.758. The molecule has 6 nitrogen and oxygen atoms in total. The van der Waals surface area contributed by atoms with Crippen LogP contribution >= 0.6 is 0 Å². The molecule has 0 spiro atoms. The number of rotatable bonds is 1. The van der Waals surface area contributed by atoms with Crippen molar-refractivity contribution in [3.05, 3.63) is 23.3 Å². The standard InChI is InChI=1S/C33H44N2O4/c1-28(2)23-8-9-32(6)24(31(23,5)17-20(19-34)26(28)37)16-22(36)25-21-18-30(4,35-14-15-39-27(35)38)12-10-29(21,3)11-13-33(25,32)7/h16-17,21,23,25H,8-15,18H2,1-7H3/t21-,23+,25+,29-,30+,31+,32-,33-/m1/s1. The fourth-order valence-electron chi connectivity index (χ4n) is 10.8. The van der Waals surface area contributed by atoms with Crippen molar-refractivity contribution in [1.82, 2.24) is 4.90 Å². The number of allylic oxidation sites excluding steroid dienone is 4. The van der Waals surface area contributed by atoms with Crippen LogP contribution in [-0.2, 0) is 14.3 Å². The van der Waals surface area contributed by atoms with Gasteiger partial charge in [-0.25, -0.2) is 4.79 Å². The highest BCUT2D eigenvalue weighted by Crippen LogP contribution is 2.74. The summed E-state index contributed by atoms with van der Waals surface area (Å²) < 4.78 is 5.34. The average molecular weight is 533 g/mol. The summed E-state index contributed by atoms with van der Waals surface area (Å²) in [5, 5.41) is 9.90. The van der Waals surface area contributed by atoms with E-state index in [0.717, 1.165) is 50.5 Å². The zero-order valence-corrected chi connectivity index (χ0v) is 24.8.